The van der Waals surface area contributed by atoms with Gasteiger partial charge in [-0.3, -0.25) is 0 Å². The molecule has 0 aromatic heterocycles. The molecule has 180 valence electrons. The molecule has 1 atom stereocenters. The molecule has 0 aliphatic carbocycles. The average molecular weight is 474 g/mol. The van der Waals surface area contributed by atoms with Gasteiger partial charge in [-0.05, 0) is 54.2 Å². The summed E-state index contributed by atoms with van der Waals surface area (Å²) in [6.07, 6.45) is -9.85. The van der Waals surface area contributed by atoms with E-state index >= 15 is 0 Å². The van der Waals surface area contributed by atoms with E-state index < -0.39 is 40.9 Å². The van der Waals surface area contributed by atoms with Gasteiger partial charge in [0.15, 0.2) is 6.29 Å². The van der Waals surface area contributed by atoms with Crippen LogP contribution in [0.15, 0.2) is 61.7 Å². The molecule has 2 rings (SSSR count). The van der Waals surface area contributed by atoms with Crippen molar-refractivity contribution in [2.45, 2.75) is 43.8 Å². The highest BCUT2D eigenvalue weighted by Crippen LogP contribution is 2.57. The first kappa shape index (κ1) is 26.3. The zero-order valence-electron chi connectivity index (χ0n) is 18.1. The van der Waals surface area contributed by atoms with E-state index in [9.17, 15) is 31.4 Å². The maximum absolute atomic E-state index is 14.5. The van der Waals surface area contributed by atoms with Crippen LogP contribution in [0.2, 0.25) is 0 Å². The molecule has 0 heterocycles. The van der Waals surface area contributed by atoms with Crippen LogP contribution in [0.5, 0.6) is 11.5 Å². The van der Waals surface area contributed by atoms with Crippen LogP contribution in [-0.2, 0) is 23.0 Å². The minimum absolute atomic E-state index is 0.0390. The van der Waals surface area contributed by atoms with Gasteiger partial charge in [0.25, 0.3) is 0 Å². The van der Waals surface area contributed by atoms with E-state index in [0.29, 0.717) is 12.1 Å². The van der Waals surface area contributed by atoms with E-state index in [0.717, 1.165) is 24.3 Å². The third-order valence-corrected chi connectivity index (χ3v) is 5.21. The minimum atomic E-state index is -5.76. The molecule has 9 heteroatoms. The summed E-state index contributed by atoms with van der Waals surface area (Å²) in [6, 6.07) is 4.78. The van der Waals surface area contributed by atoms with Crippen LogP contribution in [0, 0.1) is 0 Å². The van der Waals surface area contributed by atoms with Crippen LogP contribution in [0.3, 0.4) is 0 Å². The van der Waals surface area contributed by atoms with E-state index in [2.05, 4.69) is 13.2 Å². The fraction of sp³-hybridized carbons (Fsp3) is 0.333. The molecule has 33 heavy (non-hydrogen) atoms. The van der Waals surface area contributed by atoms with Crippen molar-refractivity contribution in [1.29, 1.82) is 0 Å². The molecular formula is C24H24F6O3. The van der Waals surface area contributed by atoms with Gasteiger partial charge >= 0.3 is 12.4 Å². The van der Waals surface area contributed by atoms with E-state index in [1.165, 1.54) is 26.2 Å². The smallest absolute Gasteiger partial charge is 0.411 e. The molecule has 0 fully saturated rings. The van der Waals surface area contributed by atoms with Gasteiger partial charge in [-0.1, -0.05) is 36.4 Å². The van der Waals surface area contributed by atoms with Gasteiger partial charge in [0.2, 0.25) is 5.41 Å². The highest BCUT2D eigenvalue weighted by atomic mass is 19.4. The first-order valence-corrected chi connectivity index (χ1v) is 9.83. The Bertz CT molecular complexity index is 981. The third kappa shape index (κ3) is 5.03. The summed E-state index contributed by atoms with van der Waals surface area (Å²) < 4.78 is 97.3. The van der Waals surface area contributed by atoms with Crippen molar-refractivity contribution in [3.8, 4) is 11.5 Å². The van der Waals surface area contributed by atoms with Crippen LogP contribution in [0.4, 0.5) is 26.3 Å². The van der Waals surface area contributed by atoms with Crippen molar-refractivity contribution in [1.82, 2.24) is 0 Å². The molecular weight excluding hydrogens is 450 g/mol. The normalized spacial score (nSPS) is 13.5. The zero-order valence-corrected chi connectivity index (χ0v) is 18.1. The number of aromatic hydroxyl groups is 1. The van der Waals surface area contributed by atoms with Gasteiger partial charge in [0.1, 0.15) is 11.5 Å². The van der Waals surface area contributed by atoms with E-state index in [1.54, 1.807) is 0 Å². The summed E-state index contributed by atoms with van der Waals surface area (Å²) in [5.74, 6) is -0.356. The maximum atomic E-state index is 14.5. The molecule has 2 aromatic rings. The summed E-state index contributed by atoms with van der Waals surface area (Å²) in [7, 11) is 1.34. The average Bonchev–Trinajstić information content (AvgIpc) is 2.70. The number of hydrogen-bond donors (Lipinski definition) is 1. The quantitative estimate of drug-likeness (QED) is 0.252. The van der Waals surface area contributed by atoms with Crippen molar-refractivity contribution in [3.63, 3.8) is 0 Å². The van der Waals surface area contributed by atoms with Crippen LogP contribution in [0.25, 0.3) is 0 Å². The van der Waals surface area contributed by atoms with Gasteiger partial charge in [0.05, 0.1) is 0 Å². The summed E-state index contributed by atoms with van der Waals surface area (Å²) >= 11 is 0. The lowest BCUT2D eigenvalue weighted by atomic mass is 9.72. The van der Waals surface area contributed by atoms with Gasteiger partial charge in [0, 0.05) is 7.11 Å². The maximum Gasteiger partial charge on any atom is 0.411 e. The van der Waals surface area contributed by atoms with E-state index in [1.807, 2.05) is 0 Å². The number of alkyl halides is 6. The number of benzene rings is 2. The van der Waals surface area contributed by atoms with Gasteiger partial charge in [-0.2, -0.15) is 26.3 Å². The van der Waals surface area contributed by atoms with Crippen molar-refractivity contribution in [3.05, 3.63) is 84.0 Å². The number of rotatable bonds is 9. The largest absolute Gasteiger partial charge is 0.508 e. The molecule has 3 nitrogen and oxygen atoms in total. The fourth-order valence-electron chi connectivity index (χ4n) is 3.59. The number of hydrogen-bond acceptors (Lipinski definition) is 3. The Labute approximate surface area is 188 Å². The lowest BCUT2D eigenvalue weighted by Gasteiger charge is -2.39. The highest BCUT2D eigenvalue weighted by Gasteiger charge is 2.72. The minimum Gasteiger partial charge on any atom is -0.508 e. The monoisotopic (exact) mass is 474 g/mol. The second-order valence-corrected chi connectivity index (χ2v) is 7.32. The molecule has 1 unspecified atom stereocenters. The summed E-state index contributed by atoms with van der Waals surface area (Å²) in [4.78, 5) is 0. The summed E-state index contributed by atoms with van der Waals surface area (Å²) in [5, 5.41) is 9.92. The zero-order chi connectivity index (χ0) is 25.0. The lowest BCUT2D eigenvalue weighted by molar-refractivity contribution is -0.288. The van der Waals surface area contributed by atoms with Gasteiger partial charge < -0.3 is 14.6 Å². The standard InChI is InChI=1S/C24H24F6O3/c1-5-7-16-13-18(9-11-20(16)31)22(23(25,26)27,24(28,29)30)19-10-12-21(33-15(3)32-4)17(14-19)8-6-2/h5-6,9-15,31H,1-2,7-8H2,3-4H3. The Morgan fingerprint density at radius 1 is 0.879 bits per heavy atom. The van der Waals surface area contributed by atoms with Gasteiger partial charge in [-0.25, -0.2) is 0 Å². The Morgan fingerprint density at radius 2 is 1.36 bits per heavy atom. The van der Waals surface area contributed by atoms with E-state index in [-0.39, 0.29) is 29.7 Å². The van der Waals surface area contributed by atoms with Crippen molar-refractivity contribution in [2.24, 2.45) is 0 Å². The second kappa shape index (κ2) is 9.91. The predicted molar refractivity (Wildman–Crippen MR) is 112 cm³/mol. The molecule has 0 saturated carbocycles. The topological polar surface area (TPSA) is 38.7 Å². The predicted octanol–water partition coefficient (Wildman–Crippen LogP) is 6.63. The van der Waals surface area contributed by atoms with Crippen molar-refractivity contribution >= 4 is 0 Å². The molecule has 0 spiro atoms. The molecule has 0 saturated heterocycles. The molecule has 0 radical (unpaired) electrons. The molecule has 0 aliphatic heterocycles. The number of phenolic OH excluding ortho intramolecular Hbond substituents is 1. The molecule has 2 aromatic carbocycles. The number of ether oxygens (including phenoxy) is 2. The summed E-state index contributed by atoms with van der Waals surface area (Å²) in [5.41, 5.74) is -6.49. The fourth-order valence-corrected chi connectivity index (χ4v) is 3.59. The first-order valence-electron chi connectivity index (χ1n) is 9.83. The molecule has 0 aliphatic rings. The lowest BCUT2D eigenvalue weighted by Crippen LogP contribution is -2.54. The Morgan fingerprint density at radius 3 is 1.85 bits per heavy atom. The number of methoxy groups -OCH3 is 1. The molecule has 1 N–H and O–H groups in total. The summed E-state index contributed by atoms with van der Waals surface area (Å²) in [6.45, 7) is 8.47. The van der Waals surface area contributed by atoms with Crippen molar-refractivity contribution in [2.75, 3.05) is 7.11 Å². The van der Waals surface area contributed by atoms with Crippen molar-refractivity contribution < 1.29 is 40.9 Å². The Kier molecular flexibility index (Phi) is 7.90. The number of phenols is 1. The number of halogens is 6. The van der Waals surface area contributed by atoms with E-state index in [4.69, 9.17) is 9.47 Å². The third-order valence-electron chi connectivity index (χ3n) is 5.21. The van der Waals surface area contributed by atoms with Crippen LogP contribution >= 0.6 is 0 Å². The molecule has 0 bridgehead atoms. The first-order chi connectivity index (χ1) is 15.3. The SMILES string of the molecule is C=CCc1cc(C(c2ccc(OC(C)OC)c(CC=C)c2)(C(F)(F)F)C(F)(F)F)ccc1O. The number of allylic oxidation sites excluding steroid dienone is 2. The van der Waals surface area contributed by atoms with Gasteiger partial charge in [-0.15, -0.1) is 13.2 Å². The molecule has 0 amide bonds. The second-order valence-electron chi connectivity index (χ2n) is 7.32. The highest BCUT2D eigenvalue weighted by molar-refractivity contribution is 5.51. The Hall–Kier alpha value is -2.94. The Balaban J connectivity index is 2.90. The van der Waals surface area contributed by atoms with Crippen LogP contribution in [-0.4, -0.2) is 30.9 Å². The van der Waals surface area contributed by atoms with Crippen LogP contribution in [0.1, 0.15) is 29.2 Å². The van der Waals surface area contributed by atoms with Crippen LogP contribution < -0.4 is 4.74 Å².